The number of likely N-dealkylation sites (tertiary alicyclic amines) is 1. The minimum atomic E-state index is -0.246. The Morgan fingerprint density at radius 2 is 1.88 bits per heavy atom. The number of carbonyl (C=O) groups is 2. The van der Waals surface area contributed by atoms with Crippen molar-refractivity contribution in [2.24, 2.45) is 0 Å². The van der Waals surface area contributed by atoms with E-state index in [1.807, 2.05) is 36.2 Å². The molecule has 0 radical (unpaired) electrons. The highest BCUT2D eigenvalue weighted by atomic mass is 16.2. The van der Waals surface area contributed by atoms with Crippen LogP contribution in [0.1, 0.15) is 53.7 Å². The van der Waals surface area contributed by atoms with E-state index in [0.717, 1.165) is 63.0 Å². The van der Waals surface area contributed by atoms with E-state index in [0.29, 0.717) is 17.9 Å². The van der Waals surface area contributed by atoms with Crippen molar-refractivity contribution < 1.29 is 9.59 Å². The third-order valence-electron chi connectivity index (χ3n) is 9.47. The molecule has 0 bridgehead atoms. The number of carbonyl (C=O) groups excluding carboxylic acids is 2. The van der Waals surface area contributed by atoms with Crippen LogP contribution in [-0.4, -0.2) is 76.4 Å². The summed E-state index contributed by atoms with van der Waals surface area (Å²) in [6.45, 7) is 3.05. The number of aryl methyl sites for hydroxylation is 1. The second-order valence-electron chi connectivity index (χ2n) is 11.8. The first kappa shape index (κ1) is 25.1. The Hall–Kier alpha value is -3.92. The maximum absolute atomic E-state index is 13.5. The molecule has 3 amide bonds. The summed E-state index contributed by atoms with van der Waals surface area (Å²) in [5.41, 5.74) is 4.18. The van der Waals surface area contributed by atoms with Crippen LogP contribution in [0, 0.1) is 0 Å². The predicted molar refractivity (Wildman–Crippen MR) is 152 cm³/mol. The standard InChI is InChI=1S/C30H36N8O2/c1-31-26-22(27(39)36(2)25-18-32-25)15-20(17-33-26)23-16-24-29(12-14-38(24)35-23)11-13-37(19-29)28(40)34-30(9-6-10-30)21-7-4-3-5-8-21/h3-5,7-8,15-17,25,32H,6,9-14,18-19H2,1-2H3,(H,31,33)(H,34,40). The van der Waals surface area contributed by atoms with Gasteiger partial charge < -0.3 is 20.4 Å². The molecule has 7 rings (SSSR count). The molecule has 1 saturated carbocycles. The first-order valence-corrected chi connectivity index (χ1v) is 14.3. The number of fused-ring (bicyclic) bond motifs is 2. The Bertz CT molecular complexity index is 1460. The number of aromatic nitrogens is 3. The summed E-state index contributed by atoms with van der Waals surface area (Å²) in [6.07, 6.45) is 6.84. The summed E-state index contributed by atoms with van der Waals surface area (Å²) in [4.78, 5) is 35.0. The van der Waals surface area contributed by atoms with Gasteiger partial charge in [-0.25, -0.2) is 9.78 Å². The zero-order valence-electron chi connectivity index (χ0n) is 23.1. The molecule has 1 aromatic carbocycles. The van der Waals surface area contributed by atoms with Gasteiger partial charge in [0.2, 0.25) is 0 Å². The van der Waals surface area contributed by atoms with Gasteiger partial charge in [-0.1, -0.05) is 30.3 Å². The lowest BCUT2D eigenvalue weighted by Gasteiger charge is -2.44. The van der Waals surface area contributed by atoms with Crippen molar-refractivity contribution in [3.05, 3.63) is 65.5 Å². The quantitative estimate of drug-likeness (QED) is 0.414. The molecule has 3 aromatic rings. The molecule has 1 aliphatic carbocycles. The SMILES string of the molecule is CNc1ncc(-c2cc3n(n2)CCC32CCN(C(=O)NC3(c4ccccc4)CCC3)C2)cc1C(=O)N(C)C1CN1. The largest absolute Gasteiger partial charge is 0.372 e. The zero-order valence-corrected chi connectivity index (χ0v) is 23.1. The van der Waals surface area contributed by atoms with Gasteiger partial charge in [-0.2, -0.15) is 5.10 Å². The number of urea groups is 1. The Morgan fingerprint density at radius 3 is 2.58 bits per heavy atom. The molecule has 10 nitrogen and oxygen atoms in total. The fourth-order valence-corrected chi connectivity index (χ4v) is 6.74. The minimum Gasteiger partial charge on any atom is -0.372 e. The van der Waals surface area contributed by atoms with Gasteiger partial charge in [0, 0.05) is 63.1 Å². The molecule has 2 aromatic heterocycles. The predicted octanol–water partition coefficient (Wildman–Crippen LogP) is 3.12. The van der Waals surface area contributed by atoms with Gasteiger partial charge in [0.25, 0.3) is 5.91 Å². The fraction of sp³-hybridized carbons (Fsp3) is 0.467. The molecule has 10 heteroatoms. The lowest BCUT2D eigenvalue weighted by Crippen LogP contribution is -2.54. The molecule has 3 N–H and O–H groups in total. The van der Waals surface area contributed by atoms with Crippen molar-refractivity contribution in [1.82, 2.24) is 35.2 Å². The van der Waals surface area contributed by atoms with Crippen LogP contribution in [0.3, 0.4) is 0 Å². The van der Waals surface area contributed by atoms with Crippen LogP contribution in [0.2, 0.25) is 0 Å². The van der Waals surface area contributed by atoms with Crippen LogP contribution in [-0.2, 0) is 17.5 Å². The van der Waals surface area contributed by atoms with E-state index in [4.69, 9.17) is 5.10 Å². The first-order valence-electron chi connectivity index (χ1n) is 14.3. The molecule has 3 aliphatic heterocycles. The Labute approximate surface area is 234 Å². The Morgan fingerprint density at radius 1 is 1.10 bits per heavy atom. The first-order chi connectivity index (χ1) is 19.4. The number of nitrogens with zero attached hydrogens (tertiary/aromatic N) is 5. The van der Waals surface area contributed by atoms with Crippen molar-refractivity contribution in [2.75, 3.05) is 39.0 Å². The number of nitrogens with one attached hydrogen (secondary N) is 3. The molecule has 5 heterocycles. The van der Waals surface area contributed by atoms with Gasteiger partial charge in [-0.15, -0.1) is 0 Å². The molecule has 4 aliphatic rings. The maximum Gasteiger partial charge on any atom is 0.318 e. The summed E-state index contributed by atoms with van der Waals surface area (Å²) in [5.74, 6) is 0.482. The van der Waals surface area contributed by atoms with Gasteiger partial charge in [0.05, 0.1) is 23.0 Å². The molecular weight excluding hydrogens is 504 g/mol. The highest BCUT2D eigenvalue weighted by molar-refractivity contribution is 6.00. The topological polar surface area (TPSA) is 117 Å². The molecule has 208 valence electrons. The number of benzene rings is 1. The van der Waals surface area contributed by atoms with Crippen LogP contribution in [0.15, 0.2) is 48.7 Å². The zero-order chi connectivity index (χ0) is 27.5. The van der Waals surface area contributed by atoms with Gasteiger partial charge in [-0.3, -0.25) is 14.8 Å². The summed E-state index contributed by atoms with van der Waals surface area (Å²) >= 11 is 0. The van der Waals surface area contributed by atoms with Crippen LogP contribution >= 0.6 is 0 Å². The van der Waals surface area contributed by atoms with Crippen LogP contribution < -0.4 is 16.0 Å². The monoisotopic (exact) mass is 540 g/mol. The Balaban J connectivity index is 1.11. The summed E-state index contributed by atoms with van der Waals surface area (Å²) in [7, 11) is 3.58. The number of anilines is 1. The molecular formula is C30H36N8O2. The number of hydrogen-bond donors (Lipinski definition) is 3. The van der Waals surface area contributed by atoms with Gasteiger partial charge in [0.1, 0.15) is 5.82 Å². The van der Waals surface area contributed by atoms with Crippen molar-refractivity contribution in [3.8, 4) is 11.3 Å². The molecule has 2 atom stereocenters. The highest BCUT2D eigenvalue weighted by Crippen LogP contribution is 2.45. The van der Waals surface area contributed by atoms with Crippen LogP contribution in [0.4, 0.5) is 10.6 Å². The van der Waals surface area contributed by atoms with E-state index >= 15 is 0 Å². The highest BCUT2D eigenvalue weighted by Gasteiger charge is 2.48. The summed E-state index contributed by atoms with van der Waals surface area (Å²) in [6, 6.07) is 14.4. The van der Waals surface area contributed by atoms with Crippen molar-refractivity contribution in [3.63, 3.8) is 0 Å². The smallest absolute Gasteiger partial charge is 0.318 e. The van der Waals surface area contributed by atoms with Crippen molar-refractivity contribution >= 4 is 17.8 Å². The number of amides is 3. The van der Waals surface area contributed by atoms with E-state index in [9.17, 15) is 9.59 Å². The average Bonchev–Trinajstić information content (AvgIpc) is 3.43. The maximum atomic E-state index is 13.5. The lowest BCUT2D eigenvalue weighted by molar-refractivity contribution is 0.0784. The number of likely N-dealkylation sites (N-methyl/N-ethyl adjacent to an activating group) is 1. The van der Waals surface area contributed by atoms with E-state index in [2.05, 4.69) is 43.8 Å². The molecule has 2 saturated heterocycles. The van der Waals surface area contributed by atoms with E-state index in [1.54, 1.807) is 18.1 Å². The molecule has 2 unspecified atom stereocenters. The Kier molecular flexibility index (Phi) is 5.85. The van der Waals surface area contributed by atoms with Gasteiger partial charge in [-0.05, 0) is 49.8 Å². The third-order valence-corrected chi connectivity index (χ3v) is 9.47. The van der Waals surface area contributed by atoms with Crippen molar-refractivity contribution in [1.29, 1.82) is 0 Å². The van der Waals surface area contributed by atoms with Crippen LogP contribution in [0.25, 0.3) is 11.3 Å². The lowest BCUT2D eigenvalue weighted by atomic mass is 9.72. The summed E-state index contributed by atoms with van der Waals surface area (Å²) in [5, 5.41) is 14.6. The minimum absolute atomic E-state index is 0.0305. The second kappa shape index (κ2) is 9.33. The third kappa shape index (κ3) is 4.04. The molecule has 40 heavy (non-hydrogen) atoms. The summed E-state index contributed by atoms with van der Waals surface area (Å²) < 4.78 is 2.09. The second-order valence-corrected chi connectivity index (χ2v) is 11.8. The normalized spacial score (nSPS) is 23.9. The van der Waals surface area contributed by atoms with E-state index in [1.165, 1.54) is 11.3 Å². The van der Waals surface area contributed by atoms with E-state index in [-0.39, 0.29) is 29.1 Å². The number of hydrogen-bond acceptors (Lipinski definition) is 6. The molecule has 1 spiro atoms. The van der Waals surface area contributed by atoms with Gasteiger partial charge >= 0.3 is 6.03 Å². The van der Waals surface area contributed by atoms with Crippen LogP contribution in [0.5, 0.6) is 0 Å². The van der Waals surface area contributed by atoms with Gasteiger partial charge in [0.15, 0.2) is 0 Å². The van der Waals surface area contributed by atoms with Crippen molar-refractivity contribution in [2.45, 2.75) is 55.8 Å². The molecule has 3 fully saturated rings. The van der Waals surface area contributed by atoms with E-state index < -0.39 is 0 Å². The average molecular weight is 541 g/mol. The number of rotatable bonds is 6. The number of pyridine rings is 1. The fourth-order valence-electron chi connectivity index (χ4n) is 6.74.